The third kappa shape index (κ3) is 4.34. The first kappa shape index (κ1) is 18.7. The Kier molecular flexibility index (Phi) is 5.79. The van der Waals surface area contributed by atoms with Crippen molar-refractivity contribution in [1.29, 1.82) is 0 Å². The monoisotopic (exact) mass is 360 g/mol. The quantitative estimate of drug-likeness (QED) is 0.605. The summed E-state index contributed by atoms with van der Waals surface area (Å²) in [6.45, 7) is 6.98. The molecule has 0 aromatic heterocycles. The lowest BCUT2D eigenvalue weighted by Gasteiger charge is -2.20. The molecule has 5 nitrogen and oxygen atoms in total. The van der Waals surface area contributed by atoms with Crippen LogP contribution in [0.25, 0.3) is 0 Å². The molecule has 0 bridgehead atoms. The van der Waals surface area contributed by atoms with Gasteiger partial charge in [0.15, 0.2) is 5.96 Å². The van der Waals surface area contributed by atoms with Gasteiger partial charge in [0.05, 0.1) is 6.54 Å². The number of guanidine groups is 1. The second-order valence-electron chi connectivity index (χ2n) is 7.31. The van der Waals surface area contributed by atoms with Gasteiger partial charge in [-0.25, -0.2) is 4.39 Å². The predicted octanol–water partition coefficient (Wildman–Crippen LogP) is 2.42. The molecule has 3 rings (SSSR count). The van der Waals surface area contributed by atoms with Crippen LogP contribution < -0.4 is 10.6 Å². The number of rotatable bonds is 6. The minimum absolute atomic E-state index is 0.0515. The summed E-state index contributed by atoms with van der Waals surface area (Å²) in [6, 6.07) is 7.05. The van der Waals surface area contributed by atoms with Crippen LogP contribution in [-0.2, 0) is 10.2 Å². The lowest BCUT2D eigenvalue weighted by molar-refractivity contribution is -0.129. The molecule has 1 saturated carbocycles. The van der Waals surface area contributed by atoms with Gasteiger partial charge in [-0.05, 0) is 43.9 Å². The number of nitrogens with zero attached hydrogens (tertiary/aromatic N) is 2. The normalized spacial score (nSPS) is 21.6. The van der Waals surface area contributed by atoms with E-state index in [0.717, 1.165) is 44.9 Å². The van der Waals surface area contributed by atoms with Gasteiger partial charge in [-0.1, -0.05) is 19.1 Å². The minimum Gasteiger partial charge on any atom is -0.357 e. The Labute approximate surface area is 155 Å². The maximum atomic E-state index is 13.2. The van der Waals surface area contributed by atoms with Crippen molar-refractivity contribution < 1.29 is 9.18 Å². The van der Waals surface area contributed by atoms with Crippen molar-refractivity contribution in [3.63, 3.8) is 0 Å². The highest BCUT2D eigenvalue weighted by Crippen LogP contribution is 2.48. The Hall–Kier alpha value is -2.11. The summed E-state index contributed by atoms with van der Waals surface area (Å²) in [6.07, 6.45) is 3.67. The van der Waals surface area contributed by atoms with E-state index in [4.69, 9.17) is 4.99 Å². The van der Waals surface area contributed by atoms with E-state index in [9.17, 15) is 9.18 Å². The molecule has 2 fully saturated rings. The molecular formula is C20H29FN4O. The Morgan fingerprint density at radius 1 is 1.31 bits per heavy atom. The lowest BCUT2D eigenvalue weighted by atomic mass is 9.96. The summed E-state index contributed by atoms with van der Waals surface area (Å²) < 4.78 is 13.2. The molecule has 0 spiro atoms. The summed E-state index contributed by atoms with van der Waals surface area (Å²) in [7, 11) is 0. The Bertz CT molecular complexity index is 654. The third-order valence-corrected chi connectivity index (χ3v) is 5.38. The molecule has 1 aromatic carbocycles. The minimum atomic E-state index is -0.199. The molecule has 1 atom stereocenters. The summed E-state index contributed by atoms with van der Waals surface area (Å²) in [5, 5.41) is 6.78. The number of halogens is 1. The van der Waals surface area contributed by atoms with Crippen LogP contribution in [0.5, 0.6) is 0 Å². The molecule has 2 aliphatic rings. The van der Waals surface area contributed by atoms with Gasteiger partial charge in [0.1, 0.15) is 5.82 Å². The van der Waals surface area contributed by atoms with Gasteiger partial charge in [0.2, 0.25) is 5.91 Å². The summed E-state index contributed by atoms with van der Waals surface area (Å²) in [5.41, 5.74) is 1.22. The largest absolute Gasteiger partial charge is 0.357 e. The van der Waals surface area contributed by atoms with Crippen LogP contribution in [0.15, 0.2) is 29.3 Å². The molecule has 1 heterocycles. The topological polar surface area (TPSA) is 56.7 Å². The highest BCUT2D eigenvalue weighted by atomic mass is 19.1. The molecule has 1 aromatic rings. The number of carbonyl (C=O) groups excluding carboxylic acids is 1. The number of carbonyl (C=O) groups is 1. The zero-order chi connectivity index (χ0) is 18.6. The van der Waals surface area contributed by atoms with Crippen LogP contribution in [0.1, 0.15) is 45.1 Å². The molecule has 2 N–H and O–H groups in total. The highest BCUT2D eigenvalue weighted by molar-refractivity contribution is 5.81. The number of hydrogen-bond donors (Lipinski definition) is 2. The fourth-order valence-corrected chi connectivity index (χ4v) is 3.56. The van der Waals surface area contributed by atoms with Crippen LogP contribution in [0.2, 0.25) is 0 Å². The van der Waals surface area contributed by atoms with Crippen LogP contribution in [0.4, 0.5) is 4.39 Å². The van der Waals surface area contributed by atoms with Gasteiger partial charge in [-0.15, -0.1) is 0 Å². The van der Waals surface area contributed by atoms with E-state index in [1.165, 1.54) is 17.7 Å². The van der Waals surface area contributed by atoms with Gasteiger partial charge < -0.3 is 15.5 Å². The van der Waals surface area contributed by atoms with Crippen molar-refractivity contribution in [2.75, 3.05) is 26.2 Å². The number of nitrogens with one attached hydrogen (secondary N) is 2. The van der Waals surface area contributed by atoms with Gasteiger partial charge in [-0.2, -0.15) is 0 Å². The van der Waals surface area contributed by atoms with E-state index in [1.807, 2.05) is 30.9 Å². The highest BCUT2D eigenvalue weighted by Gasteiger charge is 2.44. The SMILES string of the molecule is CCNC(=NCC1(c2ccc(F)cc2)CC1)NC1CCN(C(=O)CC)C1. The predicted molar refractivity (Wildman–Crippen MR) is 102 cm³/mol. The van der Waals surface area contributed by atoms with Gasteiger partial charge in [-0.3, -0.25) is 9.79 Å². The van der Waals surface area contributed by atoms with Crippen molar-refractivity contribution in [2.45, 2.75) is 51.0 Å². The van der Waals surface area contributed by atoms with E-state index < -0.39 is 0 Å². The lowest BCUT2D eigenvalue weighted by Crippen LogP contribution is -2.45. The second kappa shape index (κ2) is 8.06. The molecular weight excluding hydrogens is 331 g/mol. The van der Waals surface area contributed by atoms with Crippen LogP contribution in [0, 0.1) is 5.82 Å². The van der Waals surface area contributed by atoms with Crippen molar-refractivity contribution in [3.8, 4) is 0 Å². The third-order valence-electron chi connectivity index (χ3n) is 5.38. The average Bonchev–Trinajstić information content (AvgIpc) is 3.30. The zero-order valence-electron chi connectivity index (χ0n) is 15.7. The number of hydrogen-bond acceptors (Lipinski definition) is 2. The molecule has 6 heteroatoms. The summed E-state index contributed by atoms with van der Waals surface area (Å²) >= 11 is 0. The molecule has 1 aliphatic heterocycles. The zero-order valence-corrected chi connectivity index (χ0v) is 15.7. The maximum absolute atomic E-state index is 13.2. The smallest absolute Gasteiger partial charge is 0.222 e. The molecule has 26 heavy (non-hydrogen) atoms. The van der Waals surface area contributed by atoms with Gasteiger partial charge in [0, 0.05) is 37.5 Å². The van der Waals surface area contributed by atoms with E-state index in [2.05, 4.69) is 10.6 Å². The molecule has 1 saturated heterocycles. The molecule has 1 unspecified atom stereocenters. The summed E-state index contributed by atoms with van der Waals surface area (Å²) in [4.78, 5) is 18.6. The number of likely N-dealkylation sites (tertiary alicyclic amines) is 1. The first-order valence-electron chi connectivity index (χ1n) is 9.65. The molecule has 1 amide bonds. The van der Waals surface area contributed by atoms with Crippen molar-refractivity contribution in [3.05, 3.63) is 35.6 Å². The van der Waals surface area contributed by atoms with E-state index in [1.54, 1.807) is 0 Å². The molecule has 0 radical (unpaired) electrons. The first-order valence-corrected chi connectivity index (χ1v) is 9.65. The van der Waals surface area contributed by atoms with E-state index in [-0.39, 0.29) is 23.2 Å². The van der Waals surface area contributed by atoms with Gasteiger partial charge in [0.25, 0.3) is 0 Å². The second-order valence-corrected chi connectivity index (χ2v) is 7.31. The Morgan fingerprint density at radius 2 is 2.04 bits per heavy atom. The number of benzene rings is 1. The Morgan fingerprint density at radius 3 is 2.65 bits per heavy atom. The van der Waals surface area contributed by atoms with Gasteiger partial charge >= 0.3 is 0 Å². The first-order chi connectivity index (χ1) is 12.6. The Balaban J connectivity index is 1.61. The number of aliphatic imine (C=N–C) groups is 1. The standard InChI is InChI=1S/C20H29FN4O/c1-3-18(26)25-12-9-17(13-25)24-19(22-4-2)23-14-20(10-11-20)15-5-7-16(21)8-6-15/h5-8,17H,3-4,9-14H2,1-2H3,(H2,22,23,24). The van der Waals surface area contributed by atoms with Crippen LogP contribution in [-0.4, -0.2) is 49.0 Å². The van der Waals surface area contributed by atoms with Crippen LogP contribution >= 0.6 is 0 Å². The average molecular weight is 360 g/mol. The fraction of sp³-hybridized carbons (Fsp3) is 0.600. The fourth-order valence-electron chi connectivity index (χ4n) is 3.56. The van der Waals surface area contributed by atoms with Crippen LogP contribution in [0.3, 0.4) is 0 Å². The maximum Gasteiger partial charge on any atom is 0.222 e. The van der Waals surface area contributed by atoms with Crippen molar-refractivity contribution >= 4 is 11.9 Å². The summed E-state index contributed by atoms with van der Waals surface area (Å²) in [5.74, 6) is 0.816. The number of amides is 1. The molecule has 142 valence electrons. The van der Waals surface area contributed by atoms with Crippen molar-refractivity contribution in [1.82, 2.24) is 15.5 Å². The van der Waals surface area contributed by atoms with E-state index >= 15 is 0 Å². The van der Waals surface area contributed by atoms with E-state index in [0.29, 0.717) is 13.0 Å². The molecule has 1 aliphatic carbocycles. The van der Waals surface area contributed by atoms with Crippen molar-refractivity contribution in [2.24, 2.45) is 4.99 Å².